The molecular weight excluding hydrogens is 200 g/mol. The van der Waals surface area contributed by atoms with Gasteiger partial charge in [0.1, 0.15) is 6.61 Å². The summed E-state index contributed by atoms with van der Waals surface area (Å²) in [6.45, 7) is 15.2. The lowest BCUT2D eigenvalue weighted by Gasteiger charge is -1.68. The Kier molecular flexibility index (Phi) is 66.2. The number of hydrogen-bond acceptors (Lipinski definition) is 2. The molecule has 0 unspecified atom stereocenters. The summed E-state index contributed by atoms with van der Waals surface area (Å²) in [5.74, 6) is 0. The maximum atomic E-state index is 9.33. The highest BCUT2D eigenvalue weighted by Gasteiger charge is 1.82. The predicted octanol–water partition coefficient (Wildman–Crippen LogP) is 3.32. The summed E-state index contributed by atoms with van der Waals surface area (Å²) in [4.78, 5) is 9.33. The van der Waals surface area contributed by atoms with Gasteiger partial charge in [-0.25, -0.2) is 0 Å². The van der Waals surface area contributed by atoms with Crippen molar-refractivity contribution in [2.24, 2.45) is 0 Å². The summed E-state index contributed by atoms with van der Waals surface area (Å²) < 4.78 is 0. The maximum Gasteiger partial charge on any atom is 0.247 e. The molecule has 0 bridgehead atoms. The quantitative estimate of drug-likeness (QED) is 0.544. The first-order chi connectivity index (χ1) is 6.51. The number of carbonyl (C=O) groups excluding carboxylic acids is 1. The van der Waals surface area contributed by atoms with Gasteiger partial charge in [-0.05, 0) is 32.4 Å². The molecular formula is C11H21ClO2. The molecule has 0 aromatic carbocycles. The number of aliphatic hydroxyl groups is 1. The summed E-state index contributed by atoms with van der Waals surface area (Å²) in [7, 11) is 0. The van der Waals surface area contributed by atoms with Crippen LogP contribution in [0, 0.1) is 0 Å². The van der Waals surface area contributed by atoms with E-state index in [0.29, 0.717) is 0 Å². The van der Waals surface area contributed by atoms with Gasteiger partial charge in [0.2, 0.25) is 5.24 Å². The highest BCUT2D eigenvalue weighted by Crippen LogP contribution is 1.70. The fourth-order valence-corrected chi connectivity index (χ4v) is 0. The van der Waals surface area contributed by atoms with Crippen LogP contribution in [0.15, 0.2) is 38.0 Å². The molecule has 3 heteroatoms. The second-order valence-corrected chi connectivity index (χ2v) is 2.16. The lowest BCUT2D eigenvalue weighted by molar-refractivity contribution is -0.114. The molecule has 0 rings (SSSR count). The van der Waals surface area contributed by atoms with Gasteiger partial charge in [-0.1, -0.05) is 18.2 Å². The minimum Gasteiger partial charge on any atom is -0.387 e. The smallest absolute Gasteiger partial charge is 0.247 e. The van der Waals surface area contributed by atoms with Crippen molar-refractivity contribution in [2.75, 3.05) is 6.61 Å². The van der Waals surface area contributed by atoms with E-state index in [2.05, 4.69) is 31.3 Å². The van der Waals surface area contributed by atoms with E-state index in [9.17, 15) is 4.79 Å². The molecule has 2 nitrogen and oxygen atoms in total. The van der Waals surface area contributed by atoms with Gasteiger partial charge >= 0.3 is 0 Å². The molecule has 0 atom stereocenters. The van der Waals surface area contributed by atoms with Gasteiger partial charge in [0.15, 0.2) is 0 Å². The topological polar surface area (TPSA) is 37.3 Å². The van der Waals surface area contributed by atoms with Gasteiger partial charge in [-0.2, -0.15) is 0 Å². The molecule has 0 aliphatic rings. The summed E-state index contributed by atoms with van der Waals surface area (Å²) in [5, 5.41) is 6.94. The predicted molar refractivity (Wildman–Crippen MR) is 65.6 cm³/mol. The van der Waals surface area contributed by atoms with Crippen LogP contribution in [0.4, 0.5) is 0 Å². The van der Waals surface area contributed by atoms with Crippen molar-refractivity contribution in [1.29, 1.82) is 0 Å². The largest absolute Gasteiger partial charge is 0.387 e. The van der Waals surface area contributed by atoms with E-state index in [1.54, 1.807) is 18.2 Å². The first-order valence-corrected chi connectivity index (χ1v) is 4.40. The van der Waals surface area contributed by atoms with Crippen molar-refractivity contribution in [1.82, 2.24) is 0 Å². The first-order valence-electron chi connectivity index (χ1n) is 4.02. The Morgan fingerprint density at radius 1 is 1.14 bits per heavy atom. The molecule has 84 valence electrons. The molecule has 0 fully saturated rings. The zero-order valence-corrected chi connectivity index (χ0v) is 10.0. The SMILES string of the molecule is C=CC.C=CC.C=CC.O=C(Cl)CO. The molecule has 14 heavy (non-hydrogen) atoms. The van der Waals surface area contributed by atoms with Crippen molar-refractivity contribution in [3.05, 3.63) is 38.0 Å². The third-order valence-electron chi connectivity index (χ3n) is 0.124. The van der Waals surface area contributed by atoms with E-state index in [1.807, 2.05) is 20.8 Å². The second kappa shape index (κ2) is 40.0. The summed E-state index contributed by atoms with van der Waals surface area (Å²) in [6, 6.07) is 0. The Labute approximate surface area is 92.6 Å². The Morgan fingerprint density at radius 3 is 1.21 bits per heavy atom. The number of allylic oxidation sites excluding steroid dienone is 3. The Morgan fingerprint density at radius 2 is 1.21 bits per heavy atom. The number of rotatable bonds is 1. The number of hydrogen-bond donors (Lipinski definition) is 1. The van der Waals surface area contributed by atoms with Crippen LogP contribution in [0.2, 0.25) is 0 Å². The van der Waals surface area contributed by atoms with Gasteiger partial charge in [0.25, 0.3) is 0 Å². The van der Waals surface area contributed by atoms with Gasteiger partial charge in [0, 0.05) is 0 Å². The minimum atomic E-state index is -0.718. The van der Waals surface area contributed by atoms with Crippen LogP contribution in [0.5, 0.6) is 0 Å². The Hall–Kier alpha value is -0.860. The second-order valence-electron chi connectivity index (χ2n) is 1.74. The standard InChI is InChI=1S/3C3H6.C2H3ClO2/c3*1-3-2;3-2(5)1-4/h3*3H,1H2,2H3;4H,1H2. The molecule has 0 spiro atoms. The van der Waals surface area contributed by atoms with E-state index in [0.717, 1.165) is 0 Å². The van der Waals surface area contributed by atoms with Crippen molar-refractivity contribution in [2.45, 2.75) is 20.8 Å². The molecule has 0 aliphatic carbocycles. The zero-order chi connectivity index (χ0) is 12.4. The highest BCUT2D eigenvalue weighted by molar-refractivity contribution is 6.63. The normalized spacial score (nSPS) is 5.50. The van der Waals surface area contributed by atoms with Crippen molar-refractivity contribution < 1.29 is 9.90 Å². The number of aliphatic hydroxyl groups excluding tert-OH is 1. The highest BCUT2D eigenvalue weighted by atomic mass is 35.5. The monoisotopic (exact) mass is 220 g/mol. The van der Waals surface area contributed by atoms with Crippen molar-refractivity contribution >= 4 is 16.8 Å². The van der Waals surface area contributed by atoms with Gasteiger partial charge in [-0.3, -0.25) is 4.79 Å². The summed E-state index contributed by atoms with van der Waals surface area (Å²) in [6.07, 6.45) is 5.25. The third-order valence-corrected chi connectivity index (χ3v) is 0.244. The number of halogens is 1. The van der Waals surface area contributed by atoms with Gasteiger partial charge in [-0.15, -0.1) is 19.7 Å². The van der Waals surface area contributed by atoms with Crippen LogP contribution < -0.4 is 0 Å². The van der Waals surface area contributed by atoms with Crippen LogP contribution in [0.1, 0.15) is 20.8 Å². The molecule has 0 aliphatic heterocycles. The van der Waals surface area contributed by atoms with Crippen LogP contribution in [-0.2, 0) is 4.79 Å². The molecule has 0 heterocycles. The Bertz CT molecular complexity index is 117. The van der Waals surface area contributed by atoms with E-state index in [4.69, 9.17) is 5.11 Å². The number of carbonyl (C=O) groups is 1. The summed E-state index contributed by atoms with van der Waals surface area (Å²) in [5.41, 5.74) is 0. The first kappa shape index (κ1) is 23.2. The molecule has 0 radical (unpaired) electrons. The van der Waals surface area contributed by atoms with E-state index < -0.39 is 11.8 Å². The Balaban J connectivity index is -0.0000000495. The fraction of sp³-hybridized carbons (Fsp3) is 0.364. The maximum absolute atomic E-state index is 9.33. The van der Waals surface area contributed by atoms with Gasteiger partial charge in [0.05, 0.1) is 0 Å². The van der Waals surface area contributed by atoms with Crippen LogP contribution in [0.3, 0.4) is 0 Å². The van der Waals surface area contributed by atoms with Crippen molar-refractivity contribution in [3.63, 3.8) is 0 Å². The van der Waals surface area contributed by atoms with Crippen LogP contribution >= 0.6 is 11.6 Å². The average Bonchev–Trinajstić information content (AvgIpc) is 2.08. The van der Waals surface area contributed by atoms with Crippen LogP contribution in [-0.4, -0.2) is 17.0 Å². The fourth-order valence-electron chi connectivity index (χ4n) is 0. The third kappa shape index (κ3) is 881. The van der Waals surface area contributed by atoms with E-state index in [1.165, 1.54) is 0 Å². The molecule has 0 aromatic rings. The average molecular weight is 221 g/mol. The lowest BCUT2D eigenvalue weighted by atomic mass is 10.8. The van der Waals surface area contributed by atoms with E-state index in [-0.39, 0.29) is 0 Å². The molecule has 0 saturated heterocycles. The lowest BCUT2D eigenvalue weighted by Crippen LogP contribution is -1.89. The van der Waals surface area contributed by atoms with E-state index >= 15 is 0 Å². The molecule has 0 saturated carbocycles. The van der Waals surface area contributed by atoms with Crippen LogP contribution in [0.25, 0.3) is 0 Å². The van der Waals surface area contributed by atoms with Crippen molar-refractivity contribution in [3.8, 4) is 0 Å². The van der Waals surface area contributed by atoms with Gasteiger partial charge < -0.3 is 5.11 Å². The summed E-state index contributed by atoms with van der Waals surface area (Å²) >= 11 is 4.57. The molecule has 1 N–H and O–H groups in total. The zero-order valence-electron chi connectivity index (χ0n) is 9.29. The molecule has 0 amide bonds. The minimum absolute atomic E-state index is 0.568. The molecule has 0 aromatic heterocycles.